The van der Waals surface area contributed by atoms with Crippen LogP contribution in [0.25, 0.3) is 0 Å². The first kappa shape index (κ1) is 13.2. The minimum Gasteiger partial charge on any atom is -0.461 e. The molecule has 0 saturated carbocycles. The van der Waals surface area contributed by atoms with E-state index in [0.29, 0.717) is 5.92 Å². The lowest BCUT2D eigenvalue weighted by Gasteiger charge is -2.26. The maximum Gasteiger partial charge on any atom is 0.126 e. The number of hydrogen-bond donors (Lipinski definition) is 1. The second kappa shape index (κ2) is 6.10. The van der Waals surface area contributed by atoms with Crippen LogP contribution >= 0.6 is 0 Å². The van der Waals surface area contributed by atoms with E-state index in [1.54, 1.807) is 5.57 Å². The number of nitrogens with one attached hydrogen (secondary N) is 1. The van der Waals surface area contributed by atoms with E-state index < -0.39 is 0 Å². The predicted octanol–water partition coefficient (Wildman–Crippen LogP) is 3.84. The number of ether oxygens (including phenoxy) is 1. The average Bonchev–Trinajstić information content (AvgIpc) is 2.51. The van der Waals surface area contributed by atoms with Crippen molar-refractivity contribution in [1.29, 1.82) is 0 Å². The molecule has 1 aliphatic heterocycles. The largest absolute Gasteiger partial charge is 0.461 e. The highest BCUT2D eigenvalue weighted by Crippen LogP contribution is 2.32. The van der Waals surface area contributed by atoms with Crippen molar-refractivity contribution in [1.82, 2.24) is 5.32 Å². The Morgan fingerprint density at radius 1 is 1.10 bits per heavy atom. The standard InChI is InChI=1S/C18H21NO/c1-14-17(15-10-12-19-13-11-15)8-5-9-18(14)20-16-6-3-2-4-7-16/h2-9,14,19H,10-13H2,1H3. The van der Waals surface area contributed by atoms with Crippen LogP contribution in [0.15, 0.2) is 65.5 Å². The van der Waals surface area contributed by atoms with Crippen molar-refractivity contribution in [3.8, 4) is 5.75 Å². The zero-order valence-electron chi connectivity index (χ0n) is 11.9. The van der Waals surface area contributed by atoms with E-state index in [9.17, 15) is 0 Å². The Morgan fingerprint density at radius 2 is 1.85 bits per heavy atom. The summed E-state index contributed by atoms with van der Waals surface area (Å²) in [6, 6.07) is 10.0. The molecule has 1 unspecified atom stereocenters. The fourth-order valence-corrected chi connectivity index (χ4v) is 2.88. The second-order valence-electron chi connectivity index (χ2n) is 5.37. The fourth-order valence-electron chi connectivity index (χ4n) is 2.88. The Morgan fingerprint density at radius 3 is 2.60 bits per heavy atom. The number of allylic oxidation sites excluding steroid dienone is 4. The van der Waals surface area contributed by atoms with E-state index in [2.05, 4.69) is 30.5 Å². The van der Waals surface area contributed by atoms with Crippen LogP contribution in [0.2, 0.25) is 0 Å². The average molecular weight is 267 g/mol. The molecule has 1 aromatic carbocycles. The van der Waals surface area contributed by atoms with E-state index in [4.69, 9.17) is 4.74 Å². The highest BCUT2D eigenvalue weighted by molar-refractivity contribution is 5.40. The van der Waals surface area contributed by atoms with E-state index in [-0.39, 0.29) is 0 Å². The van der Waals surface area contributed by atoms with Crippen LogP contribution < -0.4 is 10.1 Å². The van der Waals surface area contributed by atoms with Gasteiger partial charge in [-0.1, -0.05) is 42.8 Å². The molecule has 1 heterocycles. The Kier molecular flexibility index (Phi) is 4.03. The summed E-state index contributed by atoms with van der Waals surface area (Å²) < 4.78 is 6.05. The molecule has 3 rings (SSSR count). The third-order valence-corrected chi connectivity index (χ3v) is 4.02. The topological polar surface area (TPSA) is 21.3 Å². The number of piperidine rings is 1. The van der Waals surface area contributed by atoms with Gasteiger partial charge in [-0.15, -0.1) is 0 Å². The van der Waals surface area contributed by atoms with Gasteiger partial charge in [0.05, 0.1) is 0 Å². The lowest BCUT2D eigenvalue weighted by Crippen LogP contribution is -2.25. The molecule has 1 saturated heterocycles. The Hall–Kier alpha value is -1.80. The van der Waals surface area contributed by atoms with Crippen LogP contribution in [0.1, 0.15) is 19.8 Å². The van der Waals surface area contributed by atoms with Crippen LogP contribution in [-0.4, -0.2) is 13.1 Å². The summed E-state index contributed by atoms with van der Waals surface area (Å²) >= 11 is 0. The van der Waals surface area contributed by atoms with Crippen LogP contribution in [0.5, 0.6) is 5.75 Å². The van der Waals surface area contributed by atoms with Gasteiger partial charge in [-0.05, 0) is 49.7 Å². The third-order valence-electron chi connectivity index (χ3n) is 4.02. The second-order valence-corrected chi connectivity index (χ2v) is 5.37. The van der Waals surface area contributed by atoms with Gasteiger partial charge in [0.1, 0.15) is 11.5 Å². The van der Waals surface area contributed by atoms with Gasteiger partial charge in [0.2, 0.25) is 0 Å². The number of rotatable bonds is 2. The molecule has 0 aromatic heterocycles. The van der Waals surface area contributed by atoms with Crippen molar-refractivity contribution in [3.05, 3.63) is 65.5 Å². The summed E-state index contributed by atoms with van der Waals surface area (Å²) in [5.41, 5.74) is 3.02. The summed E-state index contributed by atoms with van der Waals surface area (Å²) in [7, 11) is 0. The molecule has 1 fully saturated rings. The van der Waals surface area contributed by atoms with E-state index in [1.807, 2.05) is 30.3 Å². The third kappa shape index (κ3) is 2.86. The molecule has 1 atom stereocenters. The molecule has 1 N–H and O–H groups in total. The summed E-state index contributed by atoms with van der Waals surface area (Å²) in [4.78, 5) is 0. The number of benzene rings is 1. The van der Waals surface area contributed by atoms with Crippen molar-refractivity contribution in [2.24, 2.45) is 5.92 Å². The first-order chi connectivity index (χ1) is 9.84. The van der Waals surface area contributed by atoms with E-state index in [0.717, 1.165) is 37.4 Å². The molecular formula is C18H21NO. The predicted molar refractivity (Wildman–Crippen MR) is 82.6 cm³/mol. The zero-order chi connectivity index (χ0) is 13.8. The minimum absolute atomic E-state index is 0.341. The fraction of sp³-hybridized carbons (Fsp3) is 0.333. The maximum absolute atomic E-state index is 6.05. The van der Waals surface area contributed by atoms with Crippen molar-refractivity contribution < 1.29 is 4.74 Å². The maximum atomic E-state index is 6.05. The van der Waals surface area contributed by atoms with Gasteiger partial charge in [0.15, 0.2) is 0 Å². The van der Waals surface area contributed by atoms with Gasteiger partial charge in [-0.2, -0.15) is 0 Å². The Bertz CT molecular complexity index is 546. The van der Waals surface area contributed by atoms with Gasteiger partial charge in [-0.25, -0.2) is 0 Å². The van der Waals surface area contributed by atoms with Crippen molar-refractivity contribution in [2.75, 3.05) is 13.1 Å². The van der Waals surface area contributed by atoms with Crippen molar-refractivity contribution in [2.45, 2.75) is 19.8 Å². The normalized spacial score (nSPS) is 22.6. The lowest BCUT2D eigenvalue weighted by molar-refractivity contribution is 0.374. The van der Waals surface area contributed by atoms with Gasteiger partial charge < -0.3 is 10.1 Å². The van der Waals surface area contributed by atoms with E-state index in [1.165, 1.54) is 5.57 Å². The van der Waals surface area contributed by atoms with Gasteiger partial charge in [-0.3, -0.25) is 0 Å². The highest BCUT2D eigenvalue weighted by Gasteiger charge is 2.21. The molecule has 2 nitrogen and oxygen atoms in total. The van der Waals surface area contributed by atoms with Crippen molar-refractivity contribution >= 4 is 0 Å². The molecule has 104 valence electrons. The molecule has 0 spiro atoms. The quantitative estimate of drug-likeness (QED) is 0.879. The summed E-state index contributed by atoms with van der Waals surface area (Å²) in [6.07, 6.45) is 8.76. The Balaban J connectivity index is 1.80. The van der Waals surface area contributed by atoms with Gasteiger partial charge in [0.25, 0.3) is 0 Å². The minimum atomic E-state index is 0.341. The number of para-hydroxylation sites is 1. The van der Waals surface area contributed by atoms with Gasteiger partial charge in [0, 0.05) is 5.92 Å². The molecule has 0 amide bonds. The summed E-state index contributed by atoms with van der Waals surface area (Å²) in [5.74, 6) is 2.29. The molecule has 0 radical (unpaired) electrons. The summed E-state index contributed by atoms with van der Waals surface area (Å²) in [6.45, 7) is 4.43. The number of hydrogen-bond acceptors (Lipinski definition) is 2. The molecule has 20 heavy (non-hydrogen) atoms. The molecular weight excluding hydrogens is 246 g/mol. The van der Waals surface area contributed by atoms with Crippen LogP contribution in [0.4, 0.5) is 0 Å². The van der Waals surface area contributed by atoms with Crippen LogP contribution in [0.3, 0.4) is 0 Å². The van der Waals surface area contributed by atoms with Crippen LogP contribution in [-0.2, 0) is 0 Å². The molecule has 1 aliphatic carbocycles. The monoisotopic (exact) mass is 267 g/mol. The summed E-state index contributed by atoms with van der Waals surface area (Å²) in [5, 5.41) is 3.42. The van der Waals surface area contributed by atoms with E-state index >= 15 is 0 Å². The molecule has 2 aliphatic rings. The van der Waals surface area contributed by atoms with Crippen molar-refractivity contribution in [3.63, 3.8) is 0 Å². The SMILES string of the molecule is CC1C(Oc2ccccc2)=CC=CC1=C1CCNCC1. The highest BCUT2D eigenvalue weighted by atomic mass is 16.5. The smallest absolute Gasteiger partial charge is 0.126 e. The Labute approximate surface area is 120 Å². The van der Waals surface area contributed by atoms with Crippen LogP contribution in [0, 0.1) is 5.92 Å². The molecule has 1 aromatic rings. The first-order valence-electron chi connectivity index (χ1n) is 7.38. The molecule has 0 bridgehead atoms. The first-order valence-corrected chi connectivity index (χ1v) is 7.38. The molecule has 2 heteroatoms. The van der Waals surface area contributed by atoms with Gasteiger partial charge >= 0.3 is 0 Å². The lowest BCUT2D eigenvalue weighted by atomic mass is 9.87. The zero-order valence-corrected chi connectivity index (χ0v) is 11.9.